The Hall–Kier alpha value is -6.03. The van der Waals surface area contributed by atoms with Crippen LogP contribution in [0.5, 0.6) is 0 Å². The molecule has 0 radical (unpaired) electrons. The summed E-state index contributed by atoms with van der Waals surface area (Å²) in [6.45, 7) is 0. The van der Waals surface area contributed by atoms with Gasteiger partial charge in [0, 0.05) is 16.8 Å². The Balaban J connectivity index is 1.17. The monoisotopic (exact) mass is 628 g/mol. The summed E-state index contributed by atoms with van der Waals surface area (Å²) in [6.07, 6.45) is 0. The molecule has 10 aromatic rings. The summed E-state index contributed by atoms with van der Waals surface area (Å²) >= 11 is 1.76. The van der Waals surface area contributed by atoms with Gasteiger partial charge in [0.05, 0.1) is 10.2 Å². The van der Waals surface area contributed by atoms with Crippen LogP contribution in [0.2, 0.25) is 0 Å². The second-order valence-corrected chi connectivity index (χ2v) is 13.4. The molecule has 9 aromatic carbocycles. The smallest absolute Gasteiger partial charge is 0.195 e. The fraction of sp³-hybridized carbons (Fsp3) is 0. The topological polar surface area (TPSA) is 16.1 Å². The number of anilines is 3. The lowest BCUT2D eigenvalue weighted by Gasteiger charge is -2.23. The Morgan fingerprint density at radius 1 is 0.417 bits per heavy atom. The Bertz CT molecular complexity index is 2850. The van der Waals surface area contributed by atoms with Gasteiger partial charge in [-0.25, -0.2) is 4.98 Å². The third kappa shape index (κ3) is 4.29. The van der Waals surface area contributed by atoms with E-state index in [1.165, 1.54) is 69.7 Å². The highest BCUT2D eigenvalue weighted by Crippen LogP contribution is 2.44. The zero-order valence-corrected chi connectivity index (χ0v) is 26.8. The van der Waals surface area contributed by atoms with Gasteiger partial charge in [-0.3, -0.25) is 4.90 Å². The third-order valence-electron chi connectivity index (χ3n) is 9.64. The second kappa shape index (κ2) is 10.8. The van der Waals surface area contributed by atoms with Crippen molar-refractivity contribution in [3.8, 4) is 11.1 Å². The van der Waals surface area contributed by atoms with E-state index in [2.05, 4.69) is 175 Å². The zero-order valence-electron chi connectivity index (χ0n) is 26.0. The Morgan fingerprint density at radius 2 is 1.02 bits per heavy atom. The van der Waals surface area contributed by atoms with Crippen LogP contribution in [-0.4, -0.2) is 4.98 Å². The molecule has 0 amide bonds. The molecule has 0 spiro atoms. The number of aromatic nitrogens is 1. The number of rotatable bonds is 4. The normalized spacial score (nSPS) is 11.8. The molecule has 0 bridgehead atoms. The van der Waals surface area contributed by atoms with E-state index < -0.39 is 0 Å². The maximum absolute atomic E-state index is 5.30. The van der Waals surface area contributed by atoms with Crippen molar-refractivity contribution in [3.05, 3.63) is 170 Å². The van der Waals surface area contributed by atoms with Crippen LogP contribution in [0.25, 0.3) is 75.2 Å². The molecular weight excluding hydrogens is 601 g/mol. The fourth-order valence-corrected chi connectivity index (χ4v) is 8.50. The first kappa shape index (κ1) is 27.1. The molecule has 1 heterocycles. The maximum atomic E-state index is 5.30. The first-order chi connectivity index (χ1) is 23.8. The Labute approximate surface area is 281 Å². The molecule has 48 heavy (non-hydrogen) atoms. The highest BCUT2D eigenvalue weighted by molar-refractivity contribution is 7.23. The van der Waals surface area contributed by atoms with Crippen LogP contribution in [0, 0.1) is 0 Å². The van der Waals surface area contributed by atoms with Crippen LogP contribution in [0.1, 0.15) is 0 Å². The van der Waals surface area contributed by atoms with Gasteiger partial charge >= 0.3 is 0 Å². The van der Waals surface area contributed by atoms with Crippen LogP contribution < -0.4 is 4.90 Å². The molecule has 2 nitrogen and oxygen atoms in total. The molecule has 10 rings (SSSR count). The average molecular weight is 629 g/mol. The molecule has 1 aromatic heterocycles. The van der Waals surface area contributed by atoms with Gasteiger partial charge in [-0.05, 0) is 96.0 Å². The van der Waals surface area contributed by atoms with E-state index in [1.807, 2.05) is 0 Å². The quantitative estimate of drug-likeness (QED) is 0.180. The highest BCUT2D eigenvalue weighted by Gasteiger charge is 2.20. The van der Waals surface area contributed by atoms with Crippen molar-refractivity contribution in [2.45, 2.75) is 0 Å². The molecule has 0 saturated heterocycles. The largest absolute Gasteiger partial charge is 0.286 e. The molecule has 0 aliphatic rings. The molecule has 0 saturated carbocycles. The van der Waals surface area contributed by atoms with Gasteiger partial charge in [0.25, 0.3) is 0 Å². The molecule has 0 atom stereocenters. The number of hydrogen-bond acceptors (Lipinski definition) is 3. The number of hydrogen-bond donors (Lipinski definition) is 0. The van der Waals surface area contributed by atoms with Gasteiger partial charge in [0.1, 0.15) is 0 Å². The summed E-state index contributed by atoms with van der Waals surface area (Å²) in [6, 6.07) is 61.5. The van der Waals surface area contributed by atoms with E-state index in [1.54, 1.807) is 11.3 Å². The summed E-state index contributed by atoms with van der Waals surface area (Å²) in [4.78, 5) is 7.62. The van der Waals surface area contributed by atoms with Crippen molar-refractivity contribution in [1.29, 1.82) is 0 Å². The van der Waals surface area contributed by atoms with Crippen molar-refractivity contribution >= 4 is 91.9 Å². The minimum Gasteiger partial charge on any atom is -0.286 e. The summed E-state index contributed by atoms with van der Waals surface area (Å²) in [7, 11) is 0. The van der Waals surface area contributed by atoms with Gasteiger partial charge < -0.3 is 0 Å². The van der Waals surface area contributed by atoms with Crippen molar-refractivity contribution < 1.29 is 0 Å². The van der Waals surface area contributed by atoms with Gasteiger partial charge in [0.2, 0.25) is 0 Å². The van der Waals surface area contributed by atoms with Gasteiger partial charge in [0.15, 0.2) is 5.13 Å². The second-order valence-electron chi connectivity index (χ2n) is 12.4. The lowest BCUT2D eigenvalue weighted by Crippen LogP contribution is -2.09. The van der Waals surface area contributed by atoms with E-state index in [0.717, 1.165) is 22.0 Å². The molecule has 0 unspecified atom stereocenters. The van der Waals surface area contributed by atoms with Gasteiger partial charge in [-0.1, -0.05) is 145 Å². The van der Waals surface area contributed by atoms with Crippen molar-refractivity contribution in [1.82, 2.24) is 4.98 Å². The number of nitrogens with zero attached hydrogens (tertiary/aromatic N) is 2. The average Bonchev–Trinajstić information content (AvgIpc) is 3.59. The van der Waals surface area contributed by atoms with E-state index in [0.29, 0.717) is 0 Å². The molecular formula is C45H28N2S. The summed E-state index contributed by atoms with van der Waals surface area (Å²) in [5.74, 6) is 0. The first-order valence-corrected chi connectivity index (χ1v) is 17.1. The number of fused-ring (bicyclic) bond motifs is 9. The molecule has 0 N–H and O–H groups in total. The minimum absolute atomic E-state index is 0.949. The predicted molar refractivity (Wildman–Crippen MR) is 207 cm³/mol. The Kier molecular flexibility index (Phi) is 6.08. The summed E-state index contributed by atoms with van der Waals surface area (Å²) < 4.78 is 1.21. The lowest BCUT2D eigenvalue weighted by molar-refractivity contribution is 1.25. The van der Waals surface area contributed by atoms with Crippen molar-refractivity contribution in [2.75, 3.05) is 4.90 Å². The first-order valence-electron chi connectivity index (χ1n) is 16.3. The van der Waals surface area contributed by atoms with Crippen LogP contribution in [0.3, 0.4) is 0 Å². The van der Waals surface area contributed by atoms with Crippen LogP contribution in [0.4, 0.5) is 16.5 Å². The van der Waals surface area contributed by atoms with E-state index in [4.69, 9.17) is 4.98 Å². The predicted octanol–water partition coefficient (Wildman–Crippen LogP) is 13.2. The van der Waals surface area contributed by atoms with Crippen LogP contribution in [0.15, 0.2) is 170 Å². The summed E-state index contributed by atoms with van der Waals surface area (Å²) in [5.41, 5.74) is 5.62. The van der Waals surface area contributed by atoms with E-state index in [-0.39, 0.29) is 0 Å². The van der Waals surface area contributed by atoms with Crippen LogP contribution in [-0.2, 0) is 0 Å². The van der Waals surface area contributed by atoms with Crippen molar-refractivity contribution in [2.24, 2.45) is 0 Å². The Morgan fingerprint density at radius 3 is 1.85 bits per heavy atom. The van der Waals surface area contributed by atoms with E-state index >= 15 is 0 Å². The van der Waals surface area contributed by atoms with Crippen LogP contribution >= 0.6 is 11.3 Å². The van der Waals surface area contributed by atoms with Gasteiger partial charge in [-0.2, -0.15) is 0 Å². The number of thiazole rings is 1. The SMILES string of the molecule is c1ccc2cc(N(c3ccc(-c4cc5ccccc5c5ccccc45)cc3)c3nc4ccc5ccc6ccccc6c5c4s3)ccc2c1. The fourth-order valence-electron chi connectivity index (χ4n) is 7.33. The molecule has 224 valence electrons. The third-order valence-corrected chi connectivity index (χ3v) is 10.7. The zero-order chi connectivity index (χ0) is 31.6. The molecule has 0 fully saturated rings. The number of benzene rings is 9. The standard InChI is InChI=1S/C45H28N2S/c1-2-11-33-27-36(25-19-29(33)9-1)47(45-46-42-26-22-32-18-17-30-10-3-6-14-38(30)43(32)44(42)48-45)35-23-20-31(21-24-35)41-28-34-12-4-5-13-37(34)39-15-7-8-16-40(39)41/h1-28H. The highest BCUT2D eigenvalue weighted by atomic mass is 32.1. The van der Waals surface area contributed by atoms with Crippen molar-refractivity contribution in [3.63, 3.8) is 0 Å². The molecule has 3 heteroatoms. The minimum atomic E-state index is 0.949. The molecule has 0 aliphatic heterocycles. The summed E-state index contributed by atoms with van der Waals surface area (Å²) in [5, 5.41) is 13.5. The maximum Gasteiger partial charge on any atom is 0.195 e. The van der Waals surface area contributed by atoms with Gasteiger partial charge in [-0.15, -0.1) is 0 Å². The van der Waals surface area contributed by atoms with E-state index in [9.17, 15) is 0 Å². The molecule has 0 aliphatic carbocycles. The lowest BCUT2D eigenvalue weighted by atomic mass is 9.93.